The first-order chi connectivity index (χ1) is 59.0. The Morgan fingerprint density at radius 2 is 0.936 bits per heavy atom. The van der Waals surface area contributed by atoms with Crippen LogP contribution in [-0.4, -0.2) is 119 Å². The summed E-state index contributed by atoms with van der Waals surface area (Å²) in [5, 5.41) is 39.4. The summed E-state index contributed by atoms with van der Waals surface area (Å²) in [5.74, 6) is 8.11. The number of thiophene rings is 4. The van der Waals surface area contributed by atoms with Crippen molar-refractivity contribution in [3.05, 3.63) is 258 Å². The van der Waals surface area contributed by atoms with Gasteiger partial charge in [0.2, 0.25) is 0 Å². The molecule has 0 unspecified atom stereocenters. The quantitative estimate of drug-likeness (QED) is 0.0787. The maximum atomic E-state index is 14.0. The van der Waals surface area contributed by atoms with Crippen LogP contribution in [0.4, 0.5) is 4.39 Å². The van der Waals surface area contributed by atoms with Crippen LogP contribution in [0.15, 0.2) is 194 Å². The molecule has 0 radical (unpaired) electrons. The predicted molar refractivity (Wildman–Crippen MR) is 511 cm³/mol. The first-order valence-electron chi connectivity index (χ1n) is 41.5. The Morgan fingerprint density at radius 3 is 1.42 bits per heavy atom. The fraction of sp³-hybridized carbons (Fsp3) is 0.398. The molecule has 14 heterocycles. The molecule has 1 N–H and O–H groups in total. The minimum atomic E-state index is -0.254. The van der Waals surface area contributed by atoms with Gasteiger partial charge in [0, 0.05) is 107 Å². The van der Waals surface area contributed by atoms with Crippen LogP contribution in [0.5, 0.6) is 0 Å². The molecule has 0 amide bonds. The Kier molecular flexibility index (Phi) is 37.2. The highest BCUT2D eigenvalue weighted by Crippen LogP contribution is 2.34. The van der Waals surface area contributed by atoms with Crippen LogP contribution in [0, 0.1) is 18.2 Å². The van der Waals surface area contributed by atoms with E-state index in [1.54, 1.807) is 137 Å². The highest BCUT2D eigenvalue weighted by atomic mass is 32.1. The molecule has 32 heteroatoms. The summed E-state index contributed by atoms with van der Waals surface area (Å²) >= 11 is 8.42. The number of hydrogen-bond acceptors (Lipinski definition) is 23. The number of nitrogens with one attached hydrogen (secondary N) is 1. The number of halogens is 1. The van der Waals surface area contributed by atoms with E-state index in [4.69, 9.17) is 0 Å². The molecule has 662 valence electrons. The zero-order chi connectivity index (χ0) is 90.1. The number of nitrogens with zero attached hydrogens (tertiary/aromatic N) is 23. The standard InChI is InChI=1S/C16H23N3.C14H18FN3.C12H14N2OS.C11H14N4.C11H12N2OS.C10H13N3S.C9H12N4S.C9H11N3S.CH4/c1-12(2)13-6-8-14(9-7-13)15-17-11-19(18-15)10-16(3,4)5;1-4-7-18-9-16-14(17-18)12-6-5-11(10(2)3)8-13(12)15;1-8(2)10-5-7-12(16-10)14-11(15)6-4-9(3)13-14;1-8(2)10-5-4-9(6-12-10)11-13-7-15(3)14-11;1-8(2)9-5-6-11(15-9)13-10(14)4-3-7-12-13;1-7(2)8-4-5-9(14-8)10-11-6-13(3)12-10;1-6(2)9-10-4-7(14-9)8-11-5-13(3)12-8;1-6(2)7-3-4-8(13-7)9-10-5-11-12-9;/h6-9,11-12H,10H2,1-5H3;5-6,8-10H,4,7H2,1-3H3;4-8H,1-3H3;4-8H,1-3H3;3-8H,1-2H3;4-7H,1-3H3;4-6H,1-3H3;3-6H,1-2H3,(H,10,11,12);1H4. The van der Waals surface area contributed by atoms with Crippen molar-refractivity contribution in [1.82, 2.24) is 119 Å². The van der Waals surface area contributed by atoms with Crippen molar-refractivity contribution >= 4 is 56.7 Å². The summed E-state index contributed by atoms with van der Waals surface area (Å²) in [7, 11) is 5.60. The molecule has 2 aromatic carbocycles. The van der Waals surface area contributed by atoms with Crippen LogP contribution in [0.25, 0.3) is 76.3 Å². The molecule has 0 aliphatic heterocycles. The van der Waals surface area contributed by atoms with E-state index in [0.717, 1.165) is 106 Å². The lowest BCUT2D eigenvalue weighted by Gasteiger charge is -2.16. The first kappa shape index (κ1) is 99.0. The van der Waals surface area contributed by atoms with Gasteiger partial charge in [0.15, 0.2) is 34.9 Å². The molecular weight excluding hydrogens is 1660 g/mol. The van der Waals surface area contributed by atoms with E-state index in [0.29, 0.717) is 58.7 Å². The summed E-state index contributed by atoms with van der Waals surface area (Å²) in [6.45, 7) is 46.6. The molecule has 0 saturated heterocycles. The average Bonchev–Trinajstić information content (AvgIpc) is 1.76. The van der Waals surface area contributed by atoms with Crippen molar-refractivity contribution in [2.24, 2.45) is 26.6 Å². The van der Waals surface area contributed by atoms with E-state index < -0.39 is 0 Å². The third-order valence-electron chi connectivity index (χ3n) is 18.3. The second kappa shape index (κ2) is 47.0. The van der Waals surface area contributed by atoms with E-state index in [1.807, 2.05) is 102 Å². The fourth-order valence-electron chi connectivity index (χ4n) is 11.4. The molecule has 0 aliphatic rings. The van der Waals surface area contributed by atoms with Crippen molar-refractivity contribution in [2.75, 3.05) is 0 Å². The lowest BCUT2D eigenvalue weighted by molar-refractivity contribution is 0.325. The van der Waals surface area contributed by atoms with Crippen LogP contribution in [0.1, 0.15) is 247 Å². The summed E-state index contributed by atoms with van der Waals surface area (Å²) in [4.78, 5) is 65.7. The molecule has 16 aromatic rings. The van der Waals surface area contributed by atoms with E-state index in [2.05, 4.69) is 265 Å². The summed E-state index contributed by atoms with van der Waals surface area (Å²) in [5.41, 5.74) is 6.83. The van der Waals surface area contributed by atoms with Gasteiger partial charge in [-0.05, 0) is 156 Å². The molecule has 125 heavy (non-hydrogen) atoms. The van der Waals surface area contributed by atoms with Crippen LogP contribution in [-0.2, 0) is 34.2 Å². The van der Waals surface area contributed by atoms with Gasteiger partial charge in [-0.3, -0.25) is 43.1 Å². The van der Waals surface area contributed by atoms with Gasteiger partial charge in [-0.2, -0.15) is 50.2 Å². The molecule has 14 aromatic heterocycles. The maximum Gasteiger partial charge on any atom is 0.272 e. The molecule has 0 bridgehead atoms. The number of aryl methyl sites for hydroxylation is 5. The number of pyridine rings is 1. The number of benzene rings is 2. The number of H-pyrrole nitrogens is 1. The van der Waals surface area contributed by atoms with Crippen LogP contribution in [0.3, 0.4) is 0 Å². The molecule has 0 fully saturated rings. The molecule has 26 nitrogen and oxygen atoms in total. The van der Waals surface area contributed by atoms with Gasteiger partial charge in [0.25, 0.3) is 11.1 Å². The van der Waals surface area contributed by atoms with Crippen molar-refractivity contribution in [1.29, 1.82) is 0 Å². The Balaban J connectivity index is 0.000000177. The third-order valence-corrected chi connectivity index (χ3v) is 25.1. The molecule has 0 saturated carbocycles. The zero-order valence-corrected chi connectivity index (χ0v) is 79.7. The first-order valence-corrected chi connectivity index (χ1v) is 45.6. The number of aromatic nitrogens is 24. The minimum absolute atomic E-state index is 0. The second-order valence-electron chi connectivity index (χ2n) is 33.1. The monoisotopic (exact) mass is 1780 g/mol. The second-order valence-corrected chi connectivity index (χ2v) is 38.6. The summed E-state index contributed by atoms with van der Waals surface area (Å²) < 4.78 is 25.7. The van der Waals surface area contributed by atoms with Gasteiger partial charge >= 0.3 is 0 Å². The highest BCUT2D eigenvalue weighted by molar-refractivity contribution is 7.16. The Hall–Kier alpha value is -11.5. The van der Waals surface area contributed by atoms with E-state index in [-0.39, 0.29) is 29.8 Å². The van der Waals surface area contributed by atoms with Gasteiger partial charge in [-0.15, -0.1) is 56.7 Å². The number of rotatable bonds is 19. The fourth-order valence-corrected chi connectivity index (χ4v) is 16.1. The average molecular weight is 1790 g/mol. The van der Waals surface area contributed by atoms with Crippen molar-refractivity contribution in [3.63, 3.8) is 0 Å². The SMILES string of the molecule is C.CC(C)c1ccc(-c2ncn(C)n2)cn1.CC(C)c1ccc(-c2ncn(C)n2)s1.CC(C)c1ccc(-c2ncn(CC(C)(C)C)n2)cc1.CC(C)c1ccc(-c2ncn[nH]2)s1.CC(C)c1ccc(-n2ncccc2=O)s1.CC(C)c1ncc(-c2ncn(C)n2)s1.CCCn1cnc(-c2ccc(C(C)C)cc2F)n1.Cc1ccc(=O)n(-c2ccc(C(C)C)s2)n1. The van der Waals surface area contributed by atoms with Crippen molar-refractivity contribution in [2.45, 2.75) is 220 Å². The normalized spacial score (nSPS) is 11.1. The Labute approximate surface area is 754 Å². The van der Waals surface area contributed by atoms with Crippen LogP contribution in [0.2, 0.25) is 0 Å². The van der Waals surface area contributed by atoms with E-state index in [9.17, 15) is 14.0 Å². The lowest BCUT2D eigenvalue weighted by atomic mass is 9.97. The largest absolute Gasteiger partial charge is 0.272 e. The Bertz CT molecular complexity index is 5910. The van der Waals surface area contributed by atoms with Gasteiger partial charge in [0.05, 0.1) is 30.9 Å². The van der Waals surface area contributed by atoms with Gasteiger partial charge in [-0.25, -0.2) is 39.3 Å². The summed E-state index contributed by atoms with van der Waals surface area (Å²) in [6, 6.07) is 40.7. The molecule has 0 atom stereocenters. The van der Waals surface area contributed by atoms with Crippen molar-refractivity contribution < 1.29 is 4.39 Å². The molecule has 0 spiro atoms. The van der Waals surface area contributed by atoms with Gasteiger partial charge < -0.3 is 0 Å². The Morgan fingerprint density at radius 1 is 0.432 bits per heavy atom. The highest BCUT2D eigenvalue weighted by Gasteiger charge is 2.18. The van der Waals surface area contributed by atoms with E-state index >= 15 is 0 Å². The summed E-state index contributed by atoms with van der Waals surface area (Å²) in [6.07, 6.45) is 16.4. The molecule has 0 aliphatic carbocycles. The van der Waals surface area contributed by atoms with Gasteiger partial charge in [-0.1, -0.05) is 176 Å². The zero-order valence-electron chi connectivity index (χ0n) is 75.6. The number of hydrogen-bond donors (Lipinski definition) is 1. The number of aromatic amines is 1. The maximum absolute atomic E-state index is 14.0. The number of thiazole rings is 1. The third kappa shape index (κ3) is 29.9. The predicted octanol–water partition coefficient (Wildman–Crippen LogP) is 22.9. The lowest BCUT2D eigenvalue weighted by Crippen LogP contribution is -2.19. The van der Waals surface area contributed by atoms with Crippen molar-refractivity contribution in [3.8, 4) is 76.3 Å². The smallest absolute Gasteiger partial charge is 0.267 e. The minimum Gasteiger partial charge on any atom is -0.267 e. The van der Waals surface area contributed by atoms with Gasteiger partial charge in [0.1, 0.15) is 53.8 Å². The molecular formula is C93H121FN24O2S5. The topological polar surface area (TPSA) is 291 Å². The molecule has 16 rings (SSSR count). The van der Waals surface area contributed by atoms with Crippen LogP contribution >= 0.6 is 56.7 Å². The van der Waals surface area contributed by atoms with Crippen LogP contribution < -0.4 is 11.1 Å². The van der Waals surface area contributed by atoms with E-state index in [1.165, 1.54) is 46.8 Å².